The summed E-state index contributed by atoms with van der Waals surface area (Å²) in [6.07, 6.45) is -1.02. The predicted octanol–water partition coefficient (Wildman–Crippen LogP) is 1.98. The molecule has 0 bridgehead atoms. The average molecular weight is 309 g/mol. The summed E-state index contributed by atoms with van der Waals surface area (Å²) in [5.41, 5.74) is 1.13. The van der Waals surface area contributed by atoms with Crippen molar-refractivity contribution in [2.45, 2.75) is 11.9 Å². The van der Waals surface area contributed by atoms with Gasteiger partial charge in [0.25, 0.3) is 0 Å². The van der Waals surface area contributed by atoms with E-state index >= 15 is 0 Å². The van der Waals surface area contributed by atoms with Crippen LogP contribution < -0.4 is 4.72 Å². The summed E-state index contributed by atoms with van der Waals surface area (Å²) in [5, 5.41) is 9.89. The lowest BCUT2D eigenvalue weighted by Crippen LogP contribution is -2.29. The van der Waals surface area contributed by atoms with Gasteiger partial charge < -0.3 is 5.11 Å². The van der Waals surface area contributed by atoms with Gasteiger partial charge in [0.2, 0.25) is 10.0 Å². The van der Waals surface area contributed by atoms with Crippen molar-refractivity contribution >= 4 is 10.0 Å². The number of aliphatic hydroxyl groups is 1. The van der Waals surface area contributed by atoms with E-state index in [1.54, 1.807) is 24.3 Å². The zero-order valence-electron chi connectivity index (χ0n) is 11.2. The molecule has 0 amide bonds. The van der Waals surface area contributed by atoms with E-state index in [1.807, 2.05) is 6.07 Å². The zero-order chi connectivity index (χ0) is 15.3. The third-order valence-electron chi connectivity index (χ3n) is 2.95. The molecule has 112 valence electrons. The molecule has 1 unspecified atom stereocenters. The van der Waals surface area contributed by atoms with Crippen LogP contribution in [0.5, 0.6) is 0 Å². The van der Waals surface area contributed by atoms with Crippen LogP contribution in [0.1, 0.15) is 17.2 Å². The van der Waals surface area contributed by atoms with Gasteiger partial charge in [-0.25, -0.2) is 17.5 Å². The predicted molar refractivity (Wildman–Crippen MR) is 78.4 cm³/mol. The van der Waals surface area contributed by atoms with Crippen LogP contribution in [0, 0.1) is 5.82 Å². The van der Waals surface area contributed by atoms with Gasteiger partial charge in [-0.2, -0.15) is 0 Å². The monoisotopic (exact) mass is 309 g/mol. The highest BCUT2D eigenvalue weighted by Gasteiger charge is 2.15. The van der Waals surface area contributed by atoms with E-state index in [0.29, 0.717) is 11.1 Å². The van der Waals surface area contributed by atoms with Crippen LogP contribution in [0.3, 0.4) is 0 Å². The van der Waals surface area contributed by atoms with Crippen LogP contribution in [0.15, 0.2) is 54.6 Å². The molecule has 4 nitrogen and oxygen atoms in total. The minimum Gasteiger partial charge on any atom is -0.387 e. The molecule has 2 N–H and O–H groups in total. The number of benzene rings is 2. The van der Waals surface area contributed by atoms with Gasteiger partial charge in [0.1, 0.15) is 5.82 Å². The number of hydrogen-bond donors (Lipinski definition) is 2. The Hall–Kier alpha value is -1.76. The summed E-state index contributed by atoms with van der Waals surface area (Å²) < 4.78 is 38.9. The minimum absolute atomic E-state index is 0.149. The van der Waals surface area contributed by atoms with E-state index in [1.165, 1.54) is 24.3 Å². The van der Waals surface area contributed by atoms with Crippen molar-refractivity contribution in [1.29, 1.82) is 0 Å². The van der Waals surface area contributed by atoms with Crippen molar-refractivity contribution in [3.05, 3.63) is 71.5 Å². The highest BCUT2D eigenvalue weighted by Crippen LogP contribution is 2.13. The fourth-order valence-corrected chi connectivity index (χ4v) is 3.00. The molecule has 0 heterocycles. The van der Waals surface area contributed by atoms with Crippen molar-refractivity contribution in [3.8, 4) is 0 Å². The maximum Gasteiger partial charge on any atom is 0.215 e. The molecule has 0 aliphatic heterocycles. The first-order chi connectivity index (χ1) is 9.96. The van der Waals surface area contributed by atoms with Crippen LogP contribution in [0.4, 0.5) is 4.39 Å². The second-order valence-electron chi connectivity index (χ2n) is 4.66. The fourth-order valence-electron chi connectivity index (χ4n) is 1.85. The molecule has 0 spiro atoms. The summed E-state index contributed by atoms with van der Waals surface area (Å²) in [7, 11) is -3.53. The second-order valence-corrected chi connectivity index (χ2v) is 6.47. The Morgan fingerprint density at radius 1 is 1.05 bits per heavy atom. The molecule has 21 heavy (non-hydrogen) atoms. The Bertz CT molecular complexity index is 672. The smallest absolute Gasteiger partial charge is 0.215 e. The number of nitrogens with one attached hydrogen (secondary N) is 1. The Morgan fingerprint density at radius 2 is 1.67 bits per heavy atom. The molecule has 0 aromatic heterocycles. The first-order valence-corrected chi connectivity index (χ1v) is 8.06. The topological polar surface area (TPSA) is 66.4 Å². The summed E-state index contributed by atoms with van der Waals surface area (Å²) >= 11 is 0. The number of hydrogen-bond acceptors (Lipinski definition) is 3. The normalized spacial score (nSPS) is 13.0. The van der Waals surface area contributed by atoms with Crippen LogP contribution in [-0.4, -0.2) is 20.1 Å². The van der Waals surface area contributed by atoms with Gasteiger partial charge in [0.05, 0.1) is 11.9 Å². The Kier molecular flexibility index (Phi) is 5.06. The molecule has 0 radical (unpaired) electrons. The standard InChI is InChI=1S/C15H16FNO3S/c16-14-8-6-13(7-9-14)15(18)10-17-21(19,20)11-12-4-2-1-3-5-12/h1-9,15,17-18H,10-11H2. The maximum absolute atomic E-state index is 12.8. The molecule has 0 saturated carbocycles. The van der Waals surface area contributed by atoms with Crippen molar-refractivity contribution in [1.82, 2.24) is 4.72 Å². The molecule has 0 aliphatic rings. The van der Waals surface area contributed by atoms with E-state index in [4.69, 9.17) is 0 Å². The lowest BCUT2D eigenvalue weighted by Gasteiger charge is -2.12. The van der Waals surface area contributed by atoms with Crippen LogP contribution >= 0.6 is 0 Å². The quantitative estimate of drug-likeness (QED) is 0.857. The van der Waals surface area contributed by atoms with E-state index in [2.05, 4.69) is 4.72 Å². The van der Waals surface area contributed by atoms with Gasteiger partial charge in [0, 0.05) is 6.54 Å². The number of aliphatic hydroxyl groups excluding tert-OH is 1. The van der Waals surface area contributed by atoms with Crippen LogP contribution in [0.25, 0.3) is 0 Å². The molecule has 1 atom stereocenters. The van der Waals surface area contributed by atoms with Crippen molar-refractivity contribution < 1.29 is 17.9 Å². The van der Waals surface area contributed by atoms with E-state index in [9.17, 15) is 17.9 Å². The Morgan fingerprint density at radius 3 is 2.29 bits per heavy atom. The lowest BCUT2D eigenvalue weighted by atomic mass is 10.1. The molecule has 2 aromatic rings. The first-order valence-electron chi connectivity index (χ1n) is 6.41. The number of sulfonamides is 1. The molecule has 0 aliphatic carbocycles. The highest BCUT2D eigenvalue weighted by molar-refractivity contribution is 7.88. The third kappa shape index (κ3) is 4.93. The van der Waals surface area contributed by atoms with E-state index in [-0.39, 0.29) is 12.3 Å². The summed E-state index contributed by atoms with van der Waals surface area (Å²) in [6, 6.07) is 14.1. The molecule has 2 rings (SSSR count). The molecule has 6 heteroatoms. The van der Waals surface area contributed by atoms with Crippen LogP contribution in [0.2, 0.25) is 0 Å². The average Bonchev–Trinajstić information content (AvgIpc) is 2.46. The summed E-state index contributed by atoms with van der Waals surface area (Å²) in [6.45, 7) is -0.152. The maximum atomic E-state index is 12.8. The molecular formula is C15H16FNO3S. The minimum atomic E-state index is -3.53. The number of rotatable bonds is 6. The second kappa shape index (κ2) is 6.80. The summed E-state index contributed by atoms with van der Waals surface area (Å²) in [4.78, 5) is 0. The first kappa shape index (κ1) is 15.6. The zero-order valence-corrected chi connectivity index (χ0v) is 12.1. The van der Waals surface area contributed by atoms with E-state index in [0.717, 1.165) is 0 Å². The molecule has 0 saturated heterocycles. The van der Waals surface area contributed by atoms with Gasteiger partial charge in [-0.1, -0.05) is 42.5 Å². The Labute approximate surface area is 123 Å². The Balaban J connectivity index is 1.93. The van der Waals surface area contributed by atoms with Crippen molar-refractivity contribution in [3.63, 3.8) is 0 Å². The van der Waals surface area contributed by atoms with Gasteiger partial charge in [-0.15, -0.1) is 0 Å². The summed E-state index contributed by atoms with van der Waals surface area (Å²) in [5.74, 6) is -0.556. The lowest BCUT2D eigenvalue weighted by molar-refractivity contribution is 0.182. The highest BCUT2D eigenvalue weighted by atomic mass is 32.2. The van der Waals surface area contributed by atoms with Gasteiger partial charge in [-0.05, 0) is 23.3 Å². The molecular weight excluding hydrogens is 293 g/mol. The van der Waals surface area contributed by atoms with Crippen LogP contribution in [-0.2, 0) is 15.8 Å². The van der Waals surface area contributed by atoms with Gasteiger partial charge >= 0.3 is 0 Å². The van der Waals surface area contributed by atoms with Gasteiger partial charge in [0.15, 0.2) is 0 Å². The number of halogens is 1. The van der Waals surface area contributed by atoms with Crippen molar-refractivity contribution in [2.75, 3.05) is 6.54 Å². The van der Waals surface area contributed by atoms with E-state index < -0.39 is 21.9 Å². The molecule has 0 fully saturated rings. The molecule has 2 aromatic carbocycles. The third-order valence-corrected chi connectivity index (χ3v) is 4.27. The van der Waals surface area contributed by atoms with Crippen molar-refractivity contribution in [2.24, 2.45) is 0 Å². The largest absolute Gasteiger partial charge is 0.387 e. The fraction of sp³-hybridized carbons (Fsp3) is 0.200. The van der Waals surface area contributed by atoms with Gasteiger partial charge in [-0.3, -0.25) is 0 Å². The SMILES string of the molecule is O=S(=O)(Cc1ccccc1)NCC(O)c1ccc(F)cc1.